The Morgan fingerprint density at radius 1 is 1.25 bits per heavy atom. The zero-order valence-corrected chi connectivity index (χ0v) is 8.61. The lowest BCUT2D eigenvalue weighted by molar-refractivity contribution is -0.143. The summed E-state index contributed by atoms with van der Waals surface area (Å²) in [6.45, 7) is 0. The molecule has 5 heteroatoms. The number of carbonyl (C=O) groups is 2. The van der Waals surface area contributed by atoms with Crippen LogP contribution in [-0.2, 0) is 4.79 Å². The number of carbonyl (C=O) groups excluding carboxylic acids is 1. The van der Waals surface area contributed by atoms with Crippen molar-refractivity contribution >= 4 is 11.9 Å². The fourth-order valence-electron chi connectivity index (χ4n) is 1.93. The predicted octanol–water partition coefficient (Wildman–Crippen LogP) is 1.19. The van der Waals surface area contributed by atoms with Crippen LogP contribution < -0.4 is 0 Å². The van der Waals surface area contributed by atoms with E-state index in [0.29, 0.717) is 12.8 Å². The summed E-state index contributed by atoms with van der Waals surface area (Å²) in [6.07, 6.45) is 7.59. The van der Waals surface area contributed by atoms with Crippen LogP contribution >= 0.6 is 0 Å². The van der Waals surface area contributed by atoms with E-state index >= 15 is 0 Å². The first-order valence-corrected chi connectivity index (χ1v) is 5.12. The molecular formula is C11H12N2O3. The topological polar surface area (TPSA) is 72.2 Å². The molecule has 1 aliphatic carbocycles. The maximum absolute atomic E-state index is 12.0. The third kappa shape index (κ3) is 1.88. The minimum Gasteiger partial charge on any atom is -0.481 e. The molecule has 0 aliphatic heterocycles. The van der Waals surface area contributed by atoms with E-state index in [1.165, 1.54) is 10.9 Å². The molecule has 1 aliphatic rings. The molecule has 2 atom stereocenters. The van der Waals surface area contributed by atoms with Gasteiger partial charge in [-0.05, 0) is 18.9 Å². The second kappa shape index (κ2) is 4.30. The van der Waals surface area contributed by atoms with Crippen LogP contribution in [-0.4, -0.2) is 26.8 Å². The molecule has 5 nitrogen and oxygen atoms in total. The predicted molar refractivity (Wildman–Crippen MR) is 55.8 cm³/mol. The van der Waals surface area contributed by atoms with Crippen LogP contribution in [0, 0.1) is 11.8 Å². The van der Waals surface area contributed by atoms with Crippen molar-refractivity contribution in [3.05, 3.63) is 30.6 Å². The summed E-state index contributed by atoms with van der Waals surface area (Å²) in [5.41, 5.74) is 0. The normalized spacial score (nSPS) is 24.2. The largest absolute Gasteiger partial charge is 0.481 e. The molecular weight excluding hydrogens is 208 g/mol. The molecule has 1 N–H and O–H groups in total. The molecule has 0 bridgehead atoms. The summed E-state index contributed by atoms with van der Waals surface area (Å²) in [5, 5.41) is 12.9. The summed E-state index contributed by atoms with van der Waals surface area (Å²) in [4.78, 5) is 23.0. The molecule has 16 heavy (non-hydrogen) atoms. The fraction of sp³-hybridized carbons (Fsp3) is 0.364. The van der Waals surface area contributed by atoms with Crippen molar-refractivity contribution in [3.63, 3.8) is 0 Å². The van der Waals surface area contributed by atoms with Gasteiger partial charge in [-0.25, -0.2) is 4.68 Å². The number of carboxylic acids is 1. The van der Waals surface area contributed by atoms with Crippen molar-refractivity contribution in [2.24, 2.45) is 11.8 Å². The number of aromatic nitrogens is 2. The van der Waals surface area contributed by atoms with Gasteiger partial charge in [0, 0.05) is 12.4 Å². The minimum absolute atomic E-state index is 0.248. The van der Waals surface area contributed by atoms with Gasteiger partial charge in [0.25, 0.3) is 5.91 Å². The Morgan fingerprint density at radius 3 is 2.50 bits per heavy atom. The number of nitrogens with zero attached hydrogens (tertiary/aromatic N) is 2. The highest BCUT2D eigenvalue weighted by molar-refractivity contribution is 5.86. The third-order valence-corrected chi connectivity index (χ3v) is 2.80. The van der Waals surface area contributed by atoms with Crippen molar-refractivity contribution in [3.8, 4) is 0 Å². The summed E-state index contributed by atoms with van der Waals surface area (Å²) < 4.78 is 1.21. The Labute approximate surface area is 92.4 Å². The number of carboxylic acid groups (broad SMARTS) is 1. The monoisotopic (exact) mass is 220 g/mol. The Morgan fingerprint density at radius 2 is 1.94 bits per heavy atom. The van der Waals surface area contributed by atoms with Crippen molar-refractivity contribution < 1.29 is 14.7 Å². The number of allylic oxidation sites excluding steroid dienone is 2. The van der Waals surface area contributed by atoms with Crippen molar-refractivity contribution in [2.45, 2.75) is 12.8 Å². The van der Waals surface area contributed by atoms with Gasteiger partial charge in [-0.1, -0.05) is 12.2 Å². The van der Waals surface area contributed by atoms with Gasteiger partial charge < -0.3 is 5.11 Å². The number of hydrogen-bond acceptors (Lipinski definition) is 3. The zero-order valence-electron chi connectivity index (χ0n) is 8.61. The van der Waals surface area contributed by atoms with E-state index in [9.17, 15) is 9.59 Å². The summed E-state index contributed by atoms with van der Waals surface area (Å²) in [5.74, 6) is -2.32. The molecule has 1 aromatic rings. The van der Waals surface area contributed by atoms with Gasteiger partial charge in [0.2, 0.25) is 0 Å². The second-order valence-corrected chi connectivity index (χ2v) is 3.78. The smallest absolute Gasteiger partial charge is 0.307 e. The molecule has 2 rings (SSSR count). The van der Waals surface area contributed by atoms with E-state index in [4.69, 9.17) is 5.11 Å². The van der Waals surface area contributed by atoms with Crippen LogP contribution in [0.25, 0.3) is 0 Å². The average Bonchev–Trinajstić information content (AvgIpc) is 2.81. The maximum Gasteiger partial charge on any atom is 0.307 e. The molecule has 0 spiro atoms. The van der Waals surface area contributed by atoms with E-state index in [2.05, 4.69) is 5.10 Å². The Hall–Kier alpha value is -1.91. The van der Waals surface area contributed by atoms with Gasteiger partial charge >= 0.3 is 5.97 Å². The highest BCUT2D eigenvalue weighted by Crippen LogP contribution is 2.27. The Bertz CT molecular complexity index is 422. The van der Waals surface area contributed by atoms with E-state index < -0.39 is 17.8 Å². The van der Waals surface area contributed by atoms with E-state index in [0.717, 1.165) is 0 Å². The second-order valence-electron chi connectivity index (χ2n) is 3.78. The van der Waals surface area contributed by atoms with Crippen LogP contribution in [0.3, 0.4) is 0 Å². The van der Waals surface area contributed by atoms with Crippen LogP contribution in [0.4, 0.5) is 0 Å². The number of hydrogen-bond donors (Lipinski definition) is 1. The molecule has 0 fully saturated rings. The Balaban J connectivity index is 2.22. The van der Waals surface area contributed by atoms with Crippen LogP contribution in [0.1, 0.15) is 17.6 Å². The average molecular weight is 220 g/mol. The van der Waals surface area contributed by atoms with E-state index in [1.807, 2.05) is 12.2 Å². The van der Waals surface area contributed by atoms with Crippen molar-refractivity contribution in [1.29, 1.82) is 0 Å². The number of aliphatic carboxylic acids is 1. The summed E-state index contributed by atoms with van der Waals surface area (Å²) in [6, 6.07) is 1.65. The highest BCUT2D eigenvalue weighted by atomic mass is 16.4. The molecule has 0 saturated carbocycles. The standard InChI is InChI=1S/C11H12N2O3/c14-10(13-7-3-6-12-13)8-4-1-2-5-9(8)11(15)16/h1-3,6-9H,4-5H2,(H,15,16). The molecule has 0 amide bonds. The third-order valence-electron chi connectivity index (χ3n) is 2.80. The molecule has 1 aromatic heterocycles. The van der Waals surface area contributed by atoms with E-state index in [-0.39, 0.29) is 5.91 Å². The lowest BCUT2D eigenvalue weighted by Gasteiger charge is -2.23. The van der Waals surface area contributed by atoms with Gasteiger partial charge in [-0.3, -0.25) is 9.59 Å². The van der Waals surface area contributed by atoms with Gasteiger partial charge in [-0.15, -0.1) is 0 Å². The molecule has 0 saturated heterocycles. The summed E-state index contributed by atoms with van der Waals surface area (Å²) >= 11 is 0. The SMILES string of the molecule is O=C(O)C1CC=CCC1C(=O)n1cccn1. The van der Waals surface area contributed by atoms with Gasteiger partial charge in [0.15, 0.2) is 0 Å². The molecule has 1 heterocycles. The van der Waals surface area contributed by atoms with E-state index in [1.54, 1.807) is 12.3 Å². The van der Waals surface area contributed by atoms with Crippen LogP contribution in [0.2, 0.25) is 0 Å². The lowest BCUT2D eigenvalue weighted by Crippen LogP contribution is -2.34. The quantitative estimate of drug-likeness (QED) is 0.760. The number of rotatable bonds is 2. The fourth-order valence-corrected chi connectivity index (χ4v) is 1.93. The van der Waals surface area contributed by atoms with Crippen LogP contribution in [0.5, 0.6) is 0 Å². The minimum atomic E-state index is -0.921. The lowest BCUT2D eigenvalue weighted by atomic mass is 9.82. The first-order chi connectivity index (χ1) is 7.70. The molecule has 84 valence electrons. The maximum atomic E-state index is 12.0. The first kappa shape index (κ1) is 10.6. The van der Waals surface area contributed by atoms with Crippen molar-refractivity contribution in [2.75, 3.05) is 0 Å². The van der Waals surface area contributed by atoms with Gasteiger partial charge in [0.05, 0.1) is 11.8 Å². The molecule has 0 radical (unpaired) electrons. The van der Waals surface area contributed by atoms with Gasteiger partial charge in [-0.2, -0.15) is 5.10 Å². The highest BCUT2D eigenvalue weighted by Gasteiger charge is 2.34. The Kier molecular flexibility index (Phi) is 2.85. The summed E-state index contributed by atoms with van der Waals surface area (Å²) in [7, 11) is 0. The van der Waals surface area contributed by atoms with Crippen molar-refractivity contribution in [1.82, 2.24) is 9.78 Å². The first-order valence-electron chi connectivity index (χ1n) is 5.12. The molecule has 2 unspecified atom stereocenters. The zero-order chi connectivity index (χ0) is 11.5. The van der Waals surface area contributed by atoms with Gasteiger partial charge in [0.1, 0.15) is 0 Å². The van der Waals surface area contributed by atoms with Crippen LogP contribution in [0.15, 0.2) is 30.6 Å². The molecule has 0 aromatic carbocycles.